The summed E-state index contributed by atoms with van der Waals surface area (Å²) in [6.45, 7) is 12.9. The normalized spacial score (nSPS) is 11.0. The van der Waals surface area contributed by atoms with Gasteiger partial charge in [-0.15, -0.1) is 0 Å². The van der Waals surface area contributed by atoms with E-state index >= 15 is 0 Å². The zero-order chi connectivity index (χ0) is 15.6. The van der Waals surface area contributed by atoms with Crippen molar-refractivity contribution >= 4 is 24.1 Å². The van der Waals surface area contributed by atoms with Gasteiger partial charge in [0.15, 0.2) is 0 Å². The molecule has 0 spiro atoms. The maximum absolute atomic E-state index is 5.79. The molecule has 0 radical (unpaired) electrons. The first-order valence-corrected chi connectivity index (χ1v) is 8.55. The molecule has 0 atom stereocenters. The average Bonchev–Trinajstić information content (AvgIpc) is 2.47. The summed E-state index contributed by atoms with van der Waals surface area (Å²) in [6, 6.07) is 8.58. The van der Waals surface area contributed by atoms with Crippen LogP contribution in [-0.4, -0.2) is 0 Å². The number of hydrogen-bond acceptors (Lipinski definition) is 3. The summed E-state index contributed by atoms with van der Waals surface area (Å²) < 4.78 is 5.79. The van der Waals surface area contributed by atoms with E-state index in [2.05, 4.69) is 65.8 Å². The Kier molecular flexibility index (Phi) is 5.42. The first-order chi connectivity index (χ1) is 9.91. The molecule has 0 saturated heterocycles. The van der Waals surface area contributed by atoms with Gasteiger partial charge in [-0.2, -0.15) is 0 Å². The average molecular weight is 319 g/mol. The molecule has 0 heterocycles. The monoisotopic (exact) mass is 318 g/mol. The molecule has 21 heavy (non-hydrogen) atoms. The van der Waals surface area contributed by atoms with E-state index in [1.54, 1.807) is 0 Å². The van der Waals surface area contributed by atoms with Gasteiger partial charge in [0.2, 0.25) is 0 Å². The van der Waals surface area contributed by atoms with Gasteiger partial charge in [0.25, 0.3) is 0 Å². The molecule has 112 valence electrons. The number of hydrogen-bond donors (Lipinski definition) is 0. The van der Waals surface area contributed by atoms with Crippen LogP contribution in [0.5, 0.6) is 0 Å². The summed E-state index contributed by atoms with van der Waals surface area (Å²) in [6.07, 6.45) is 0. The zero-order valence-corrected chi connectivity index (χ0v) is 15.2. The van der Waals surface area contributed by atoms with Gasteiger partial charge in [0.05, 0.1) is 0 Å². The van der Waals surface area contributed by atoms with Crippen molar-refractivity contribution in [1.29, 1.82) is 0 Å². The fraction of sp³-hybridized carbons (Fsp3) is 0.333. The largest absolute Gasteiger partial charge is 0.237 e. The Morgan fingerprint density at radius 2 is 0.952 bits per heavy atom. The van der Waals surface area contributed by atoms with Crippen molar-refractivity contribution in [3.05, 3.63) is 57.6 Å². The smallest absolute Gasteiger partial charge is 0.0450 e. The van der Waals surface area contributed by atoms with Gasteiger partial charge < -0.3 is 0 Å². The highest BCUT2D eigenvalue weighted by atomic mass is 32.2. The molecular formula is C18H22OS2. The summed E-state index contributed by atoms with van der Waals surface area (Å²) in [5.74, 6) is 0. The van der Waals surface area contributed by atoms with Crippen LogP contribution in [0.3, 0.4) is 0 Å². The van der Waals surface area contributed by atoms with Gasteiger partial charge in [-0.3, -0.25) is 0 Å². The number of aryl methyl sites for hydroxylation is 2. The maximum atomic E-state index is 5.79. The van der Waals surface area contributed by atoms with Gasteiger partial charge in [-0.05, 0) is 87.1 Å². The minimum absolute atomic E-state index is 1.19. The van der Waals surface area contributed by atoms with Crippen LogP contribution in [0.15, 0.2) is 34.1 Å². The first kappa shape index (κ1) is 16.5. The third kappa shape index (κ3) is 3.65. The minimum atomic E-state index is 1.19. The lowest BCUT2D eigenvalue weighted by molar-refractivity contribution is 0.754. The van der Waals surface area contributed by atoms with Crippen LogP contribution >= 0.6 is 24.1 Å². The molecule has 0 bridgehead atoms. The molecule has 0 unspecified atom stereocenters. The van der Waals surface area contributed by atoms with Crippen molar-refractivity contribution in [3.63, 3.8) is 0 Å². The predicted molar refractivity (Wildman–Crippen MR) is 94.1 cm³/mol. The van der Waals surface area contributed by atoms with Crippen LogP contribution in [0.1, 0.15) is 33.4 Å². The van der Waals surface area contributed by atoms with Crippen LogP contribution in [-0.2, 0) is 3.63 Å². The molecule has 0 saturated carbocycles. The third-order valence-electron chi connectivity index (χ3n) is 4.26. The highest BCUT2D eigenvalue weighted by Crippen LogP contribution is 2.35. The lowest BCUT2D eigenvalue weighted by atomic mass is 10.1. The Morgan fingerprint density at radius 1 is 0.571 bits per heavy atom. The van der Waals surface area contributed by atoms with Crippen LogP contribution < -0.4 is 0 Å². The van der Waals surface area contributed by atoms with E-state index in [0.717, 1.165) is 0 Å². The van der Waals surface area contributed by atoms with Gasteiger partial charge in [-0.25, -0.2) is 3.63 Å². The standard InChI is InChI=1S/C18H22OS2/c1-11-7-9-17(15(5)13(11)3)20-19-21-18-10-8-12(2)14(4)16(18)6/h7-10H,1-6H3. The Bertz CT molecular complexity index is 605. The van der Waals surface area contributed by atoms with Gasteiger partial charge in [0, 0.05) is 33.9 Å². The fourth-order valence-electron chi connectivity index (χ4n) is 2.13. The topological polar surface area (TPSA) is 9.23 Å². The van der Waals surface area contributed by atoms with Crippen molar-refractivity contribution in [3.8, 4) is 0 Å². The third-order valence-corrected chi connectivity index (χ3v) is 6.05. The Morgan fingerprint density at radius 3 is 1.33 bits per heavy atom. The molecule has 2 aromatic rings. The number of rotatable bonds is 4. The van der Waals surface area contributed by atoms with E-state index in [-0.39, 0.29) is 0 Å². The molecule has 0 aliphatic rings. The van der Waals surface area contributed by atoms with Crippen molar-refractivity contribution in [2.75, 3.05) is 0 Å². The van der Waals surface area contributed by atoms with Gasteiger partial charge in [0.1, 0.15) is 0 Å². The van der Waals surface area contributed by atoms with E-state index in [0.29, 0.717) is 0 Å². The molecule has 0 N–H and O–H groups in total. The van der Waals surface area contributed by atoms with E-state index in [1.165, 1.54) is 67.3 Å². The summed E-state index contributed by atoms with van der Waals surface area (Å²) in [5, 5.41) is 0. The Labute approximate surface area is 136 Å². The highest BCUT2D eigenvalue weighted by Gasteiger charge is 2.08. The van der Waals surface area contributed by atoms with E-state index in [1.807, 2.05) is 0 Å². The van der Waals surface area contributed by atoms with Gasteiger partial charge in [-0.1, -0.05) is 12.1 Å². The second kappa shape index (κ2) is 6.91. The molecule has 0 aromatic heterocycles. The zero-order valence-electron chi connectivity index (χ0n) is 13.5. The molecule has 1 nitrogen and oxygen atoms in total. The molecule has 2 rings (SSSR count). The van der Waals surface area contributed by atoms with Crippen molar-refractivity contribution in [2.45, 2.75) is 51.3 Å². The van der Waals surface area contributed by atoms with Crippen molar-refractivity contribution in [2.24, 2.45) is 0 Å². The first-order valence-electron chi connectivity index (χ1n) is 7.06. The summed E-state index contributed by atoms with van der Waals surface area (Å²) in [5.41, 5.74) is 7.95. The van der Waals surface area contributed by atoms with Crippen LogP contribution in [0.2, 0.25) is 0 Å². The SMILES string of the molecule is Cc1ccc(SOSc2ccc(C)c(C)c2C)c(C)c1C. The van der Waals surface area contributed by atoms with Crippen molar-refractivity contribution < 1.29 is 3.63 Å². The minimum Gasteiger partial charge on any atom is -0.237 e. The second-order valence-electron chi connectivity index (χ2n) is 5.50. The highest BCUT2D eigenvalue weighted by molar-refractivity contribution is 8.08. The van der Waals surface area contributed by atoms with E-state index in [4.69, 9.17) is 3.63 Å². The number of benzene rings is 2. The van der Waals surface area contributed by atoms with Crippen LogP contribution in [0.25, 0.3) is 0 Å². The lowest BCUT2D eigenvalue weighted by Gasteiger charge is -2.12. The molecule has 3 heteroatoms. The summed E-state index contributed by atoms with van der Waals surface area (Å²) >= 11 is 2.89. The molecule has 2 aromatic carbocycles. The summed E-state index contributed by atoms with van der Waals surface area (Å²) in [4.78, 5) is 2.37. The lowest BCUT2D eigenvalue weighted by Crippen LogP contribution is -1.90. The molecular weight excluding hydrogens is 296 g/mol. The summed E-state index contributed by atoms with van der Waals surface area (Å²) in [7, 11) is 0. The fourth-order valence-corrected chi connectivity index (χ4v) is 3.66. The van der Waals surface area contributed by atoms with E-state index < -0.39 is 0 Å². The molecule has 0 aliphatic carbocycles. The maximum Gasteiger partial charge on any atom is 0.0450 e. The molecule has 0 aliphatic heterocycles. The van der Waals surface area contributed by atoms with Crippen molar-refractivity contribution in [1.82, 2.24) is 0 Å². The predicted octanol–water partition coefficient (Wildman–Crippen LogP) is 6.27. The Hall–Kier alpha value is -0.900. The van der Waals surface area contributed by atoms with E-state index in [9.17, 15) is 0 Å². The molecule has 0 amide bonds. The molecule has 0 fully saturated rings. The Balaban J connectivity index is 2.06. The van der Waals surface area contributed by atoms with Crippen LogP contribution in [0.4, 0.5) is 0 Å². The second-order valence-corrected chi connectivity index (χ2v) is 7.25. The quantitative estimate of drug-likeness (QED) is 0.615. The van der Waals surface area contributed by atoms with Gasteiger partial charge >= 0.3 is 0 Å². The van der Waals surface area contributed by atoms with Crippen LogP contribution in [0, 0.1) is 41.5 Å².